The number of amides is 3. The molecule has 0 fully saturated rings. The first-order valence-corrected chi connectivity index (χ1v) is 30.8. The number of methoxy groups -OCH3 is 2. The van der Waals surface area contributed by atoms with E-state index < -0.39 is 80.3 Å². The molecule has 3 amide bonds. The average Bonchev–Trinajstić information content (AvgIpc) is 0.802. The molecular formula is C66H75B6N15O20. The van der Waals surface area contributed by atoms with Gasteiger partial charge in [0.05, 0.1) is 68.4 Å². The molecule has 0 unspecified atom stereocenters. The van der Waals surface area contributed by atoms with E-state index in [1.165, 1.54) is 20.3 Å². The molecule has 8 radical (unpaired) electrons. The van der Waals surface area contributed by atoms with Crippen LogP contribution >= 0.6 is 0 Å². The molecule has 5 heterocycles. The fraction of sp³-hybridized carbons (Fsp3) is 0.288. The molecule has 41 heteroatoms. The Labute approximate surface area is 624 Å². The maximum Gasteiger partial charge on any atom is 0.415 e. The molecule has 6 N–H and O–H groups in total. The van der Waals surface area contributed by atoms with E-state index >= 15 is 0 Å². The van der Waals surface area contributed by atoms with E-state index in [4.69, 9.17) is 113 Å². The highest BCUT2D eigenvalue weighted by Gasteiger charge is 2.36. The number of aromatic nitrogens is 6. The van der Waals surface area contributed by atoms with Crippen LogP contribution in [0.25, 0.3) is 0 Å². The Hall–Kier alpha value is -13.3. The first-order chi connectivity index (χ1) is 50.3. The van der Waals surface area contributed by atoms with Gasteiger partial charge in [0.2, 0.25) is 34.9 Å². The van der Waals surface area contributed by atoms with E-state index in [-0.39, 0.29) is 123 Å². The highest BCUT2D eigenvalue weighted by molar-refractivity contribution is 7.76. The molecule has 0 atom stereocenters. The summed E-state index contributed by atoms with van der Waals surface area (Å²) >= 11 is 0. The van der Waals surface area contributed by atoms with Gasteiger partial charge >= 0.3 is 53.4 Å². The maximum absolute atomic E-state index is 12.7. The standard InChI is InChI=1S/C20H23N5O6.2C19H21N5O7.C6H2.2CH4.B6/c1-4-10-30-15-9-7-8-14(12-15)13-24(20(26)29-6-3)18-16(25(27)28)17(21)22-19(23-18)31-11-5-2;2*1-3-29-19(25)23-11-12-6-7-13(28-2)14(10-12)30-8-4-5-9-31-18-21-16(20)15(24(26)27)17(23)22-18;1-3-5-6-4-2;;;1-5(2)6(3)4/h4-5,7-9,12H,1-2,6,10-11,13H2,3H3,(H2,21,22,23);2*4-7,10H,3,8-9,11H2,1-2H3,(H2,20,21,22);1-2H;2*1H4;/b;2*5-4-;;;;. The predicted molar refractivity (Wildman–Crippen MR) is 406 cm³/mol. The second-order valence-corrected chi connectivity index (χ2v) is 20.0. The third-order valence-electron chi connectivity index (χ3n) is 12.7. The lowest BCUT2D eigenvalue weighted by Crippen LogP contribution is -2.38. The van der Waals surface area contributed by atoms with E-state index in [2.05, 4.69) is 66.7 Å². The number of hydrogen-bond acceptors (Lipinski definition) is 29. The van der Waals surface area contributed by atoms with Crippen molar-refractivity contribution >= 4 is 114 Å². The van der Waals surface area contributed by atoms with Crippen molar-refractivity contribution in [3.8, 4) is 83.3 Å². The molecule has 0 saturated heterocycles. The molecule has 8 bridgehead atoms. The van der Waals surface area contributed by atoms with Crippen LogP contribution in [0.15, 0.2) is 110 Å². The molecule has 8 rings (SSSR count). The molecule has 0 saturated carbocycles. The maximum atomic E-state index is 12.7. The Bertz CT molecular complexity index is 4070. The van der Waals surface area contributed by atoms with Crippen molar-refractivity contribution in [2.75, 3.05) is 106 Å². The molecular weight excluding hydrogens is 1390 g/mol. The summed E-state index contributed by atoms with van der Waals surface area (Å²) < 4.78 is 58.9. The number of benzene rings is 3. The minimum absolute atomic E-state index is 0. The van der Waals surface area contributed by atoms with Gasteiger partial charge in [0.25, 0.3) is 0 Å². The van der Waals surface area contributed by atoms with Crippen molar-refractivity contribution < 1.29 is 81.3 Å². The Balaban J connectivity index is 0.000000500. The summed E-state index contributed by atoms with van der Waals surface area (Å²) in [6.07, 6.45) is 15.5. The average molecular weight is 1460 g/mol. The third-order valence-corrected chi connectivity index (χ3v) is 12.7. The van der Waals surface area contributed by atoms with Gasteiger partial charge in [0.15, 0.2) is 23.0 Å². The smallest absolute Gasteiger partial charge is 0.415 e. The number of nitrogens with two attached hydrogens (primary N) is 3. The van der Waals surface area contributed by atoms with Gasteiger partial charge in [-0.2, -0.15) is 29.9 Å². The van der Waals surface area contributed by atoms with Crippen LogP contribution in [0.3, 0.4) is 0 Å². The van der Waals surface area contributed by atoms with Crippen LogP contribution in [0.1, 0.15) is 52.3 Å². The van der Waals surface area contributed by atoms with Crippen molar-refractivity contribution in [1.82, 2.24) is 29.9 Å². The van der Waals surface area contributed by atoms with Gasteiger partial charge in [-0.05, 0) is 122 Å². The zero-order valence-electron chi connectivity index (χ0n) is 57.5. The Kier molecular flexibility index (Phi) is 39.5. The number of ether oxygens (including phenoxy) is 11. The van der Waals surface area contributed by atoms with E-state index in [9.17, 15) is 44.7 Å². The summed E-state index contributed by atoms with van der Waals surface area (Å²) in [5, 5.41) is 35.0. The van der Waals surface area contributed by atoms with Crippen LogP contribution in [0.4, 0.5) is 66.4 Å². The number of nitro groups is 3. The molecule has 6 aromatic rings. The first kappa shape index (κ1) is 89.8. The van der Waals surface area contributed by atoms with Crippen molar-refractivity contribution in [2.24, 2.45) is 0 Å². The normalized spacial score (nSPS) is 11.9. The minimum atomic E-state index is -0.851. The number of fused-ring (bicyclic) bond motifs is 8. The molecule has 552 valence electrons. The van der Waals surface area contributed by atoms with Gasteiger partial charge in [0.1, 0.15) is 45.4 Å². The first-order valence-electron chi connectivity index (χ1n) is 30.8. The van der Waals surface area contributed by atoms with E-state index in [1.807, 2.05) is 0 Å². The van der Waals surface area contributed by atoms with E-state index in [0.717, 1.165) is 14.7 Å². The van der Waals surface area contributed by atoms with Crippen LogP contribution < -0.4 is 69.8 Å². The summed E-state index contributed by atoms with van der Waals surface area (Å²) in [7, 11) is 22.9. The largest absolute Gasteiger partial charge is 0.493 e. The molecule has 3 aromatic heterocycles. The fourth-order valence-corrected chi connectivity index (χ4v) is 8.18. The van der Waals surface area contributed by atoms with Gasteiger partial charge < -0.3 is 69.3 Å². The van der Waals surface area contributed by atoms with Crippen molar-refractivity contribution in [3.63, 3.8) is 0 Å². The van der Waals surface area contributed by atoms with Crippen molar-refractivity contribution in [2.45, 2.75) is 55.3 Å². The predicted octanol–water partition coefficient (Wildman–Crippen LogP) is 7.44. The quantitative estimate of drug-likeness (QED) is 0.0188. The number of carbonyl (C=O) groups is 3. The molecule has 35 nitrogen and oxygen atoms in total. The number of nitrogens with zero attached hydrogens (tertiary/aromatic N) is 12. The van der Waals surface area contributed by atoms with Crippen molar-refractivity contribution in [1.29, 1.82) is 0 Å². The van der Waals surface area contributed by atoms with E-state index in [0.29, 0.717) is 52.0 Å². The number of terminal acetylenes is 2. The van der Waals surface area contributed by atoms with Crippen LogP contribution in [0.2, 0.25) is 0 Å². The van der Waals surface area contributed by atoms with Crippen molar-refractivity contribution in [3.05, 3.63) is 157 Å². The number of anilines is 6. The van der Waals surface area contributed by atoms with Gasteiger partial charge in [-0.1, -0.05) is 64.4 Å². The SMILES string of the molecule is C.C.C#CC#CC#C.C=CCOc1cccc(CN(C(=O)OCC)c2nc(OCC=C)nc(N)c2[N+](=O)[O-])c1.CCOC(=O)N1Cc2ccc(OC)c(c2)OC/C=C\COc2nc(N)c([N+](=O)[O-])c1n2.CCOC(=O)N1Cc2ccc(OC)c(c2)OC/C=C\COc2nc(N)c([N+](=O)[O-])c1n2.[B]B([B])B([B])[B]. The fourth-order valence-electron chi connectivity index (χ4n) is 8.18. The Morgan fingerprint density at radius 2 is 1.03 bits per heavy atom. The molecule has 2 aliphatic rings. The third kappa shape index (κ3) is 28.1. The molecule has 0 spiro atoms. The monoisotopic (exact) mass is 1460 g/mol. The Morgan fingerprint density at radius 3 is 1.42 bits per heavy atom. The second kappa shape index (κ2) is 47.1. The minimum Gasteiger partial charge on any atom is -0.493 e. The topological polar surface area (TPSA) is 447 Å². The van der Waals surface area contributed by atoms with Gasteiger partial charge in [-0.3, -0.25) is 45.0 Å². The number of carbonyl (C=O) groups excluding carboxylic acids is 3. The van der Waals surface area contributed by atoms with Crippen LogP contribution in [-0.2, 0) is 33.8 Å². The summed E-state index contributed by atoms with van der Waals surface area (Å²) in [5.41, 5.74) is 17.2. The molecule has 0 aliphatic carbocycles. The summed E-state index contributed by atoms with van der Waals surface area (Å²) in [6, 6.07) is 16.2. The number of hydrogen-bond donors (Lipinski definition) is 3. The van der Waals surface area contributed by atoms with Crippen LogP contribution in [0, 0.1) is 66.9 Å². The highest BCUT2D eigenvalue weighted by Crippen LogP contribution is 2.39. The molecule has 3 aromatic carbocycles. The van der Waals surface area contributed by atoms with Gasteiger partial charge in [0, 0.05) is 43.7 Å². The summed E-state index contributed by atoms with van der Waals surface area (Å²) in [6.45, 7) is 12.7. The lowest BCUT2D eigenvalue weighted by molar-refractivity contribution is -0.383. The van der Waals surface area contributed by atoms with Gasteiger partial charge in [-0.25, -0.2) is 14.4 Å². The lowest BCUT2D eigenvalue weighted by atomic mass is 8.81. The van der Waals surface area contributed by atoms with Gasteiger partial charge in [-0.15, -0.1) is 12.8 Å². The zero-order chi connectivity index (χ0) is 77.5. The second-order valence-electron chi connectivity index (χ2n) is 20.0. The lowest BCUT2D eigenvalue weighted by Gasteiger charge is -2.22. The summed E-state index contributed by atoms with van der Waals surface area (Å²) in [4.78, 5) is 97.5. The van der Waals surface area contributed by atoms with Crippen LogP contribution in [-0.4, -0.2) is 180 Å². The molecule has 107 heavy (non-hydrogen) atoms. The number of rotatable bonds is 18. The van der Waals surface area contributed by atoms with E-state index in [1.54, 1.807) is 112 Å². The Morgan fingerprint density at radius 1 is 0.607 bits per heavy atom. The summed E-state index contributed by atoms with van der Waals surface area (Å²) in [5.74, 6) is 8.63. The zero-order valence-corrected chi connectivity index (χ0v) is 57.5. The van der Waals surface area contributed by atoms with Crippen LogP contribution in [0.5, 0.6) is 46.8 Å². The number of nitrogen functional groups attached to an aromatic ring is 3. The molecule has 2 aliphatic heterocycles. The highest BCUT2D eigenvalue weighted by atomic mass is 16.6.